The fourth-order valence-corrected chi connectivity index (χ4v) is 1.89. The van der Waals surface area contributed by atoms with E-state index in [-0.39, 0.29) is 0 Å². The minimum atomic E-state index is 0.427. The number of halogens is 1. The van der Waals surface area contributed by atoms with E-state index in [2.05, 4.69) is 49.6 Å². The second-order valence-electron chi connectivity index (χ2n) is 4.42. The summed E-state index contributed by atoms with van der Waals surface area (Å²) in [4.78, 5) is 10.5. The van der Waals surface area contributed by atoms with Crippen LogP contribution in [0, 0.1) is 5.92 Å². The van der Waals surface area contributed by atoms with Crippen molar-refractivity contribution < 1.29 is 0 Å². The predicted molar refractivity (Wildman–Crippen MR) is 69.1 cm³/mol. The zero-order valence-electron chi connectivity index (χ0n) is 10.7. The molecule has 0 aliphatic heterocycles. The molecule has 90 valence electrons. The molecule has 4 heteroatoms. The van der Waals surface area contributed by atoms with Crippen LogP contribution >= 0.6 is 11.6 Å². The summed E-state index contributed by atoms with van der Waals surface area (Å²) in [5, 5.41) is 0.565. The van der Waals surface area contributed by atoms with E-state index in [1.807, 2.05) is 0 Å². The monoisotopic (exact) mass is 241 g/mol. The van der Waals surface area contributed by atoms with E-state index < -0.39 is 0 Å². The van der Waals surface area contributed by atoms with E-state index in [9.17, 15) is 0 Å². The molecule has 0 N–H and O–H groups in total. The van der Waals surface area contributed by atoms with Gasteiger partial charge in [0.2, 0.25) is 0 Å². The lowest BCUT2D eigenvalue weighted by atomic mass is 10.0. The molecule has 0 aromatic carbocycles. The zero-order chi connectivity index (χ0) is 12.3. The molecule has 0 spiro atoms. The molecule has 1 aromatic heterocycles. The molecule has 0 fully saturated rings. The van der Waals surface area contributed by atoms with Gasteiger partial charge in [-0.2, -0.15) is 0 Å². The highest BCUT2D eigenvalue weighted by atomic mass is 35.5. The summed E-state index contributed by atoms with van der Waals surface area (Å²) in [5.74, 6) is 1.52. The number of aromatic nitrogens is 2. The van der Waals surface area contributed by atoms with Crippen molar-refractivity contribution in [3.05, 3.63) is 17.0 Å². The van der Waals surface area contributed by atoms with Crippen LogP contribution in [-0.4, -0.2) is 23.1 Å². The average molecular weight is 242 g/mol. The Labute approximate surface area is 103 Å². The van der Waals surface area contributed by atoms with Gasteiger partial charge in [-0.25, -0.2) is 9.97 Å². The molecule has 0 aliphatic rings. The fraction of sp³-hybridized carbons (Fsp3) is 0.667. The molecule has 1 unspecified atom stereocenters. The Morgan fingerprint density at radius 2 is 1.94 bits per heavy atom. The average Bonchev–Trinajstić information content (AvgIpc) is 2.26. The number of hydrogen-bond acceptors (Lipinski definition) is 3. The molecule has 1 aromatic rings. The summed E-state index contributed by atoms with van der Waals surface area (Å²) in [5.41, 5.74) is 1.03. The number of anilines is 1. The number of rotatable bonds is 4. The van der Waals surface area contributed by atoms with Crippen LogP contribution in [0.4, 0.5) is 5.82 Å². The normalized spacial score (nSPS) is 12.9. The van der Waals surface area contributed by atoms with Crippen molar-refractivity contribution in [1.82, 2.24) is 9.97 Å². The number of hydrogen-bond donors (Lipinski definition) is 0. The first-order valence-corrected chi connectivity index (χ1v) is 6.09. The summed E-state index contributed by atoms with van der Waals surface area (Å²) < 4.78 is 0. The molecule has 0 aliphatic carbocycles. The first-order valence-electron chi connectivity index (χ1n) is 5.71. The Balaban J connectivity index is 3.08. The minimum absolute atomic E-state index is 0.427. The Hall–Kier alpha value is -0.830. The predicted octanol–water partition coefficient (Wildman–Crippen LogP) is 3.17. The lowest BCUT2D eigenvalue weighted by Gasteiger charge is -2.30. The maximum atomic E-state index is 6.08. The van der Waals surface area contributed by atoms with E-state index in [4.69, 9.17) is 11.6 Å². The van der Waals surface area contributed by atoms with Crippen LogP contribution in [0.15, 0.2) is 6.33 Å². The summed E-state index contributed by atoms with van der Waals surface area (Å²) in [6, 6.07) is 0.427. The Kier molecular flexibility index (Phi) is 4.54. The fourth-order valence-electron chi connectivity index (χ4n) is 1.63. The molecule has 0 saturated carbocycles. The van der Waals surface area contributed by atoms with Crippen molar-refractivity contribution in [1.29, 1.82) is 0 Å². The summed E-state index contributed by atoms with van der Waals surface area (Å²) in [6.45, 7) is 8.67. The van der Waals surface area contributed by atoms with Crippen LogP contribution in [0.3, 0.4) is 0 Å². The minimum Gasteiger partial charge on any atom is -0.356 e. The van der Waals surface area contributed by atoms with Crippen LogP contribution in [0.5, 0.6) is 0 Å². The van der Waals surface area contributed by atoms with Crippen molar-refractivity contribution in [2.75, 3.05) is 11.9 Å². The van der Waals surface area contributed by atoms with Crippen LogP contribution in [0.1, 0.15) is 33.3 Å². The molecule has 1 atom stereocenters. The summed E-state index contributed by atoms with van der Waals surface area (Å²) in [6.07, 6.45) is 2.38. The van der Waals surface area contributed by atoms with Crippen molar-refractivity contribution in [2.24, 2.45) is 5.92 Å². The van der Waals surface area contributed by atoms with Crippen molar-refractivity contribution in [2.45, 2.75) is 40.2 Å². The van der Waals surface area contributed by atoms with Gasteiger partial charge in [-0.1, -0.05) is 32.4 Å². The van der Waals surface area contributed by atoms with Gasteiger partial charge in [0.1, 0.15) is 17.3 Å². The van der Waals surface area contributed by atoms with Gasteiger partial charge in [0.05, 0.1) is 0 Å². The topological polar surface area (TPSA) is 29.0 Å². The number of nitrogens with zero attached hydrogens (tertiary/aromatic N) is 3. The summed E-state index contributed by atoms with van der Waals surface area (Å²) >= 11 is 6.08. The lowest BCUT2D eigenvalue weighted by Crippen LogP contribution is -2.34. The molecular weight excluding hydrogens is 222 g/mol. The molecule has 0 saturated heterocycles. The maximum Gasteiger partial charge on any atom is 0.137 e. The third kappa shape index (κ3) is 2.64. The zero-order valence-corrected chi connectivity index (χ0v) is 11.4. The van der Waals surface area contributed by atoms with Gasteiger partial charge in [0, 0.05) is 18.7 Å². The third-order valence-electron chi connectivity index (χ3n) is 3.13. The highest BCUT2D eigenvalue weighted by Crippen LogP contribution is 2.25. The van der Waals surface area contributed by atoms with E-state index in [0.29, 0.717) is 17.1 Å². The van der Waals surface area contributed by atoms with Crippen molar-refractivity contribution >= 4 is 17.4 Å². The molecular formula is C12H20ClN3. The quantitative estimate of drug-likeness (QED) is 0.759. The van der Waals surface area contributed by atoms with Crippen LogP contribution in [0.25, 0.3) is 0 Å². The van der Waals surface area contributed by atoms with Gasteiger partial charge >= 0.3 is 0 Å². The third-order valence-corrected chi connectivity index (χ3v) is 3.46. The molecule has 1 rings (SSSR count). The van der Waals surface area contributed by atoms with Crippen molar-refractivity contribution in [3.8, 4) is 0 Å². The van der Waals surface area contributed by atoms with Gasteiger partial charge in [-0.3, -0.25) is 0 Å². The van der Waals surface area contributed by atoms with Gasteiger partial charge in [-0.15, -0.1) is 0 Å². The molecule has 16 heavy (non-hydrogen) atoms. The smallest absolute Gasteiger partial charge is 0.137 e. The van der Waals surface area contributed by atoms with E-state index in [0.717, 1.165) is 17.8 Å². The second-order valence-corrected chi connectivity index (χ2v) is 4.77. The molecule has 0 bridgehead atoms. The highest BCUT2D eigenvalue weighted by molar-refractivity contribution is 6.30. The highest BCUT2D eigenvalue weighted by Gasteiger charge is 2.18. The molecule has 0 radical (unpaired) electrons. The van der Waals surface area contributed by atoms with Crippen LogP contribution in [-0.2, 0) is 6.42 Å². The Morgan fingerprint density at radius 1 is 1.31 bits per heavy atom. The Morgan fingerprint density at radius 3 is 2.44 bits per heavy atom. The van der Waals surface area contributed by atoms with Gasteiger partial charge in [-0.05, 0) is 19.3 Å². The first-order chi connectivity index (χ1) is 7.49. The Bertz CT molecular complexity index is 352. The lowest BCUT2D eigenvalue weighted by molar-refractivity contribution is 0.501. The van der Waals surface area contributed by atoms with E-state index in [1.54, 1.807) is 0 Å². The molecule has 3 nitrogen and oxygen atoms in total. The van der Waals surface area contributed by atoms with Crippen LogP contribution in [0.2, 0.25) is 5.15 Å². The SMILES string of the molecule is CCc1c(Cl)ncnc1N(C)C(C)C(C)C. The molecule has 0 amide bonds. The van der Waals surface area contributed by atoms with Gasteiger partial charge < -0.3 is 4.90 Å². The first kappa shape index (κ1) is 13.2. The van der Waals surface area contributed by atoms with E-state index in [1.165, 1.54) is 6.33 Å². The van der Waals surface area contributed by atoms with E-state index >= 15 is 0 Å². The van der Waals surface area contributed by atoms with Crippen LogP contribution < -0.4 is 4.90 Å². The largest absolute Gasteiger partial charge is 0.356 e. The standard InChI is InChI=1S/C12H20ClN3/c1-6-10-11(13)14-7-15-12(10)16(5)9(4)8(2)3/h7-9H,6H2,1-5H3. The molecule has 1 heterocycles. The van der Waals surface area contributed by atoms with Crippen molar-refractivity contribution in [3.63, 3.8) is 0 Å². The van der Waals surface area contributed by atoms with Gasteiger partial charge in [0.25, 0.3) is 0 Å². The van der Waals surface area contributed by atoms with Gasteiger partial charge in [0.15, 0.2) is 0 Å². The second kappa shape index (κ2) is 5.48. The maximum absolute atomic E-state index is 6.08. The summed E-state index contributed by atoms with van der Waals surface area (Å²) in [7, 11) is 2.06.